The molecule has 0 radical (unpaired) electrons. The molecule has 3 nitrogen and oxygen atoms in total. The van der Waals surface area contributed by atoms with E-state index in [-0.39, 0.29) is 5.91 Å². The molecule has 1 fully saturated rings. The van der Waals surface area contributed by atoms with Crippen LogP contribution in [0.5, 0.6) is 0 Å². The summed E-state index contributed by atoms with van der Waals surface area (Å²) in [6, 6.07) is 8.92. The topological polar surface area (TPSA) is 32.3 Å². The van der Waals surface area contributed by atoms with E-state index >= 15 is 0 Å². The van der Waals surface area contributed by atoms with Gasteiger partial charge in [-0.1, -0.05) is 31.5 Å². The van der Waals surface area contributed by atoms with E-state index < -0.39 is 0 Å². The number of nitrogens with one attached hydrogen (secondary N) is 1. The molecule has 1 aliphatic rings. The number of rotatable bonds is 6. The van der Waals surface area contributed by atoms with Crippen molar-refractivity contribution in [2.75, 3.05) is 19.3 Å². The van der Waals surface area contributed by atoms with Crippen molar-refractivity contribution in [3.8, 4) is 0 Å². The monoisotopic (exact) mass is 306 g/mol. The summed E-state index contributed by atoms with van der Waals surface area (Å²) in [6.45, 7) is 6.87. The maximum absolute atomic E-state index is 11.4. The van der Waals surface area contributed by atoms with Gasteiger partial charge in [-0.05, 0) is 30.2 Å². The lowest BCUT2D eigenvalue weighted by Crippen LogP contribution is -2.39. The Labute approximate surface area is 132 Å². The Hall–Kier alpha value is -1.00. The highest BCUT2D eigenvalue weighted by atomic mass is 32.2. The maximum atomic E-state index is 11.4. The van der Waals surface area contributed by atoms with E-state index in [1.807, 2.05) is 0 Å². The van der Waals surface area contributed by atoms with Crippen molar-refractivity contribution in [3.63, 3.8) is 0 Å². The van der Waals surface area contributed by atoms with Gasteiger partial charge in [0.25, 0.3) is 0 Å². The molecule has 116 valence electrons. The SMILES string of the molecule is CCC[C@@H]1CN(Cc2ccccc2SC)C[C@H]1NC(C)=O. The van der Waals surface area contributed by atoms with Gasteiger partial charge in [0.15, 0.2) is 0 Å². The summed E-state index contributed by atoms with van der Waals surface area (Å²) in [6.07, 6.45) is 4.49. The van der Waals surface area contributed by atoms with Crippen LogP contribution in [-0.2, 0) is 11.3 Å². The molecule has 1 heterocycles. The molecule has 1 saturated heterocycles. The fourth-order valence-electron chi connectivity index (χ4n) is 3.25. The number of likely N-dealkylation sites (tertiary alicyclic amines) is 1. The van der Waals surface area contributed by atoms with Crippen LogP contribution in [0.1, 0.15) is 32.3 Å². The molecule has 4 heteroatoms. The average molecular weight is 306 g/mol. The molecule has 1 aromatic rings. The first-order chi connectivity index (χ1) is 10.1. The average Bonchev–Trinajstić information content (AvgIpc) is 2.81. The molecule has 0 spiro atoms. The van der Waals surface area contributed by atoms with Crippen LogP contribution >= 0.6 is 11.8 Å². The van der Waals surface area contributed by atoms with Crippen molar-refractivity contribution >= 4 is 17.7 Å². The zero-order valence-electron chi connectivity index (χ0n) is 13.3. The van der Waals surface area contributed by atoms with Crippen LogP contribution in [0.3, 0.4) is 0 Å². The number of thioether (sulfide) groups is 1. The van der Waals surface area contributed by atoms with Crippen molar-refractivity contribution in [2.45, 2.75) is 44.2 Å². The van der Waals surface area contributed by atoms with E-state index in [0.717, 1.165) is 19.6 Å². The fraction of sp³-hybridized carbons (Fsp3) is 0.588. The minimum absolute atomic E-state index is 0.0902. The number of nitrogens with zero attached hydrogens (tertiary/aromatic N) is 1. The third kappa shape index (κ3) is 4.48. The predicted octanol–water partition coefficient (Wildman–Crippen LogP) is 3.15. The molecule has 0 aliphatic carbocycles. The summed E-state index contributed by atoms with van der Waals surface area (Å²) in [4.78, 5) is 15.2. The zero-order valence-corrected chi connectivity index (χ0v) is 14.1. The Bertz CT molecular complexity index is 478. The quantitative estimate of drug-likeness (QED) is 0.820. The van der Waals surface area contributed by atoms with Gasteiger partial charge in [0.2, 0.25) is 5.91 Å². The molecule has 1 N–H and O–H groups in total. The van der Waals surface area contributed by atoms with Crippen LogP contribution in [0, 0.1) is 5.92 Å². The lowest BCUT2D eigenvalue weighted by molar-refractivity contribution is -0.119. The summed E-state index contributed by atoms with van der Waals surface area (Å²) in [5, 5.41) is 3.14. The second kappa shape index (κ2) is 7.85. The second-order valence-corrected chi connectivity index (χ2v) is 6.71. The van der Waals surface area contributed by atoms with Crippen molar-refractivity contribution < 1.29 is 4.79 Å². The maximum Gasteiger partial charge on any atom is 0.217 e. The first kappa shape index (κ1) is 16.4. The largest absolute Gasteiger partial charge is 0.352 e. The van der Waals surface area contributed by atoms with Gasteiger partial charge in [-0.15, -0.1) is 11.8 Å². The second-order valence-electron chi connectivity index (χ2n) is 5.86. The molecule has 0 aromatic heterocycles. The molecule has 0 saturated carbocycles. The normalized spacial score (nSPS) is 22.4. The van der Waals surface area contributed by atoms with Gasteiger partial charge in [0, 0.05) is 37.5 Å². The van der Waals surface area contributed by atoms with Crippen molar-refractivity contribution in [1.29, 1.82) is 0 Å². The molecule has 1 aromatic carbocycles. The van der Waals surface area contributed by atoms with Gasteiger partial charge in [-0.2, -0.15) is 0 Å². The Morgan fingerprint density at radius 2 is 2.14 bits per heavy atom. The van der Waals surface area contributed by atoms with Crippen molar-refractivity contribution in [1.82, 2.24) is 10.2 Å². The molecule has 0 unspecified atom stereocenters. The van der Waals surface area contributed by atoms with E-state index in [1.54, 1.807) is 18.7 Å². The van der Waals surface area contributed by atoms with Crippen LogP contribution in [0.15, 0.2) is 29.2 Å². The molecular weight excluding hydrogens is 280 g/mol. The Kier molecular flexibility index (Phi) is 6.12. The fourth-order valence-corrected chi connectivity index (χ4v) is 3.86. The number of carbonyl (C=O) groups is 1. The van der Waals surface area contributed by atoms with Gasteiger partial charge in [-0.25, -0.2) is 0 Å². The lowest BCUT2D eigenvalue weighted by Gasteiger charge is -2.18. The van der Waals surface area contributed by atoms with Crippen LogP contribution in [0.4, 0.5) is 0 Å². The van der Waals surface area contributed by atoms with Crippen LogP contribution < -0.4 is 5.32 Å². The van der Waals surface area contributed by atoms with Gasteiger partial charge >= 0.3 is 0 Å². The van der Waals surface area contributed by atoms with Crippen LogP contribution in [0.25, 0.3) is 0 Å². The summed E-state index contributed by atoms with van der Waals surface area (Å²) < 4.78 is 0. The van der Waals surface area contributed by atoms with E-state index in [4.69, 9.17) is 0 Å². The van der Waals surface area contributed by atoms with Gasteiger partial charge in [0.05, 0.1) is 0 Å². The summed E-state index contributed by atoms with van der Waals surface area (Å²) in [7, 11) is 0. The number of hydrogen-bond donors (Lipinski definition) is 1. The number of benzene rings is 1. The Morgan fingerprint density at radius 3 is 2.81 bits per heavy atom. The first-order valence-corrected chi connectivity index (χ1v) is 8.97. The summed E-state index contributed by atoms with van der Waals surface area (Å²) in [5.74, 6) is 0.674. The molecule has 1 aliphatic heterocycles. The van der Waals surface area contributed by atoms with E-state index in [0.29, 0.717) is 12.0 Å². The predicted molar refractivity (Wildman–Crippen MR) is 89.5 cm³/mol. The minimum atomic E-state index is 0.0902. The highest BCUT2D eigenvalue weighted by molar-refractivity contribution is 7.98. The highest BCUT2D eigenvalue weighted by Gasteiger charge is 2.32. The zero-order chi connectivity index (χ0) is 15.2. The Morgan fingerprint density at radius 1 is 1.38 bits per heavy atom. The third-order valence-corrected chi connectivity index (χ3v) is 4.99. The smallest absolute Gasteiger partial charge is 0.217 e. The molecule has 2 atom stereocenters. The minimum Gasteiger partial charge on any atom is -0.352 e. The number of carbonyl (C=O) groups excluding carboxylic acids is 1. The van der Waals surface area contributed by atoms with E-state index in [1.165, 1.54) is 23.3 Å². The standard InChI is InChI=1S/C17H26N2OS/c1-4-7-14-10-19(12-16(14)18-13(2)20)11-15-8-5-6-9-17(15)21-3/h5-6,8-9,14,16H,4,7,10-12H2,1-3H3,(H,18,20)/t14-,16-/m1/s1. The van der Waals surface area contributed by atoms with E-state index in [9.17, 15) is 4.79 Å². The third-order valence-electron chi connectivity index (χ3n) is 4.15. The lowest BCUT2D eigenvalue weighted by atomic mass is 9.98. The number of hydrogen-bond acceptors (Lipinski definition) is 3. The molecular formula is C17H26N2OS. The summed E-state index contributed by atoms with van der Waals surface area (Å²) in [5.41, 5.74) is 1.39. The highest BCUT2D eigenvalue weighted by Crippen LogP contribution is 2.26. The van der Waals surface area contributed by atoms with Crippen molar-refractivity contribution in [2.24, 2.45) is 5.92 Å². The van der Waals surface area contributed by atoms with E-state index in [2.05, 4.69) is 47.7 Å². The molecule has 21 heavy (non-hydrogen) atoms. The summed E-state index contributed by atoms with van der Waals surface area (Å²) >= 11 is 1.80. The van der Waals surface area contributed by atoms with Gasteiger partial charge < -0.3 is 5.32 Å². The molecule has 2 rings (SSSR count). The van der Waals surface area contributed by atoms with Crippen LogP contribution in [0.2, 0.25) is 0 Å². The van der Waals surface area contributed by atoms with Crippen LogP contribution in [-0.4, -0.2) is 36.2 Å². The first-order valence-electron chi connectivity index (χ1n) is 7.75. The number of amides is 1. The molecule has 0 bridgehead atoms. The van der Waals surface area contributed by atoms with Gasteiger partial charge in [-0.3, -0.25) is 9.69 Å². The van der Waals surface area contributed by atoms with Gasteiger partial charge in [0.1, 0.15) is 0 Å². The molecule has 1 amide bonds. The van der Waals surface area contributed by atoms with Crippen molar-refractivity contribution in [3.05, 3.63) is 29.8 Å². The Balaban J connectivity index is 2.02.